The Bertz CT molecular complexity index is 1030. The topological polar surface area (TPSA) is 80.2 Å². The van der Waals surface area contributed by atoms with Crippen LogP contribution in [0.3, 0.4) is 0 Å². The fourth-order valence-corrected chi connectivity index (χ4v) is 4.60. The van der Waals surface area contributed by atoms with Gasteiger partial charge in [0.05, 0.1) is 13.1 Å². The summed E-state index contributed by atoms with van der Waals surface area (Å²) < 4.78 is 59.0. The van der Waals surface area contributed by atoms with Gasteiger partial charge in [-0.3, -0.25) is 4.79 Å². The molecule has 3 heterocycles. The SMILES string of the molecule is CC(C)(C)C(=O)N1CC(Oc2cc(NC3CCC(F)(F)CC3)nc(-c3nc(C(F)F)cs3)n2)C1. The Morgan fingerprint density at radius 3 is 2.47 bits per heavy atom. The monoisotopic (exact) mass is 501 g/mol. The van der Waals surface area contributed by atoms with E-state index in [4.69, 9.17) is 4.74 Å². The van der Waals surface area contributed by atoms with Gasteiger partial charge in [0.25, 0.3) is 6.43 Å². The number of alkyl halides is 4. The molecule has 0 spiro atoms. The van der Waals surface area contributed by atoms with E-state index in [0.29, 0.717) is 18.9 Å². The third kappa shape index (κ3) is 5.76. The van der Waals surface area contributed by atoms with E-state index in [1.807, 2.05) is 20.8 Å². The van der Waals surface area contributed by atoms with Crippen molar-refractivity contribution in [1.82, 2.24) is 19.9 Å². The van der Waals surface area contributed by atoms with Crippen molar-refractivity contribution in [2.45, 2.75) is 70.9 Å². The molecule has 1 amide bonds. The molecule has 1 N–H and O–H groups in total. The number of carbonyl (C=O) groups excluding carboxylic acids is 1. The molecule has 34 heavy (non-hydrogen) atoms. The number of hydrogen-bond donors (Lipinski definition) is 1. The number of nitrogens with zero attached hydrogens (tertiary/aromatic N) is 4. The van der Waals surface area contributed by atoms with Gasteiger partial charge in [-0.05, 0) is 12.8 Å². The van der Waals surface area contributed by atoms with Crippen LogP contribution in [-0.4, -0.2) is 56.9 Å². The number of anilines is 1. The molecule has 7 nitrogen and oxygen atoms in total. The number of ether oxygens (including phenoxy) is 1. The smallest absolute Gasteiger partial charge is 0.281 e. The first-order chi connectivity index (χ1) is 15.9. The summed E-state index contributed by atoms with van der Waals surface area (Å²) in [6, 6.07) is 1.36. The molecule has 2 aromatic heterocycles. The van der Waals surface area contributed by atoms with Crippen molar-refractivity contribution >= 4 is 23.1 Å². The van der Waals surface area contributed by atoms with Gasteiger partial charge in [-0.15, -0.1) is 11.3 Å². The minimum absolute atomic E-state index is 0.0227. The van der Waals surface area contributed by atoms with Gasteiger partial charge >= 0.3 is 0 Å². The van der Waals surface area contributed by atoms with Crippen molar-refractivity contribution in [3.05, 3.63) is 17.1 Å². The highest BCUT2D eigenvalue weighted by atomic mass is 32.1. The zero-order chi connectivity index (χ0) is 24.7. The van der Waals surface area contributed by atoms with E-state index in [1.165, 1.54) is 5.38 Å². The van der Waals surface area contributed by atoms with Gasteiger partial charge in [0, 0.05) is 35.7 Å². The van der Waals surface area contributed by atoms with Gasteiger partial charge in [0.2, 0.25) is 17.7 Å². The van der Waals surface area contributed by atoms with Crippen molar-refractivity contribution in [3.63, 3.8) is 0 Å². The molecule has 2 fully saturated rings. The predicted octanol–water partition coefficient (Wildman–Crippen LogP) is 5.16. The summed E-state index contributed by atoms with van der Waals surface area (Å²) >= 11 is 0.988. The minimum atomic E-state index is -2.72. The van der Waals surface area contributed by atoms with Gasteiger partial charge in [0.15, 0.2) is 10.8 Å². The molecule has 0 atom stereocenters. The lowest BCUT2D eigenvalue weighted by Gasteiger charge is -2.41. The summed E-state index contributed by atoms with van der Waals surface area (Å²) in [6.45, 7) is 6.36. The molecule has 0 aromatic carbocycles. The standard InChI is InChI=1S/C22H27F4N5O2S/c1-21(2,3)20(32)31-9-13(10-31)33-16-8-15(27-12-4-6-22(25,26)7-5-12)29-18(30-16)19-28-14(11-34-19)17(23)24/h8,11-13,17H,4-7,9-10H2,1-3H3,(H,27,29,30). The van der Waals surface area contributed by atoms with Crippen molar-refractivity contribution in [2.24, 2.45) is 5.41 Å². The van der Waals surface area contributed by atoms with Crippen LogP contribution in [0.15, 0.2) is 11.4 Å². The van der Waals surface area contributed by atoms with Crippen LogP contribution in [0, 0.1) is 5.41 Å². The van der Waals surface area contributed by atoms with Crippen LogP contribution in [-0.2, 0) is 4.79 Å². The Labute approximate surface area is 198 Å². The van der Waals surface area contributed by atoms with Crippen molar-refractivity contribution in [3.8, 4) is 16.7 Å². The van der Waals surface area contributed by atoms with Gasteiger partial charge in [-0.25, -0.2) is 27.5 Å². The highest BCUT2D eigenvalue weighted by molar-refractivity contribution is 7.13. The van der Waals surface area contributed by atoms with Crippen LogP contribution in [0.2, 0.25) is 0 Å². The molecule has 2 aromatic rings. The van der Waals surface area contributed by atoms with Crippen LogP contribution >= 0.6 is 11.3 Å². The third-order valence-corrected chi connectivity index (χ3v) is 6.63. The summed E-state index contributed by atoms with van der Waals surface area (Å²) in [6.07, 6.45) is -2.86. The summed E-state index contributed by atoms with van der Waals surface area (Å²) in [4.78, 5) is 26.7. The number of carbonyl (C=O) groups is 1. The maximum Gasteiger partial charge on any atom is 0.281 e. The second-order valence-electron chi connectivity index (χ2n) is 9.77. The summed E-state index contributed by atoms with van der Waals surface area (Å²) in [5, 5.41) is 4.61. The highest BCUT2D eigenvalue weighted by Gasteiger charge is 2.38. The van der Waals surface area contributed by atoms with E-state index in [-0.39, 0.29) is 66.1 Å². The molecule has 186 valence electrons. The average Bonchev–Trinajstić information content (AvgIpc) is 3.21. The van der Waals surface area contributed by atoms with Crippen molar-refractivity contribution in [2.75, 3.05) is 18.4 Å². The normalized spacial score (nSPS) is 19.2. The molecule has 12 heteroatoms. The number of likely N-dealkylation sites (tertiary alicyclic amines) is 1. The lowest BCUT2D eigenvalue weighted by Crippen LogP contribution is -2.58. The van der Waals surface area contributed by atoms with Crippen molar-refractivity contribution in [1.29, 1.82) is 0 Å². The number of thiazole rings is 1. The molecular weight excluding hydrogens is 474 g/mol. The molecule has 0 bridgehead atoms. The summed E-state index contributed by atoms with van der Waals surface area (Å²) in [5.41, 5.74) is -0.858. The first-order valence-corrected chi connectivity index (χ1v) is 12.0. The molecule has 1 aliphatic heterocycles. The molecule has 1 aliphatic carbocycles. The van der Waals surface area contributed by atoms with Gasteiger partial charge in [-0.1, -0.05) is 20.8 Å². The van der Waals surface area contributed by atoms with E-state index < -0.39 is 17.8 Å². The number of amides is 1. The first kappa shape index (κ1) is 24.6. The van der Waals surface area contributed by atoms with E-state index in [9.17, 15) is 22.4 Å². The van der Waals surface area contributed by atoms with E-state index in [2.05, 4.69) is 20.3 Å². The Kier molecular flexibility index (Phi) is 6.71. The van der Waals surface area contributed by atoms with E-state index in [1.54, 1.807) is 11.0 Å². The van der Waals surface area contributed by atoms with Crippen LogP contribution < -0.4 is 10.1 Å². The number of rotatable bonds is 6. The van der Waals surface area contributed by atoms with Crippen LogP contribution in [0.4, 0.5) is 23.4 Å². The number of aromatic nitrogens is 3. The maximum absolute atomic E-state index is 13.5. The average molecular weight is 502 g/mol. The molecule has 1 saturated heterocycles. The Morgan fingerprint density at radius 2 is 1.88 bits per heavy atom. The fourth-order valence-electron chi connectivity index (χ4n) is 3.86. The lowest BCUT2D eigenvalue weighted by molar-refractivity contribution is -0.148. The van der Waals surface area contributed by atoms with Crippen LogP contribution in [0.1, 0.15) is 58.6 Å². The Balaban J connectivity index is 1.51. The molecular formula is C22H27F4N5O2S. The zero-order valence-electron chi connectivity index (χ0n) is 19.2. The van der Waals surface area contributed by atoms with Gasteiger partial charge in [-0.2, -0.15) is 4.98 Å². The lowest BCUT2D eigenvalue weighted by atomic mass is 9.92. The number of nitrogens with one attached hydrogen (secondary N) is 1. The van der Waals surface area contributed by atoms with Gasteiger partial charge in [0.1, 0.15) is 17.6 Å². The maximum atomic E-state index is 13.5. The van der Waals surface area contributed by atoms with E-state index >= 15 is 0 Å². The van der Waals surface area contributed by atoms with Crippen LogP contribution in [0.25, 0.3) is 10.8 Å². The Hall–Kier alpha value is -2.50. The Morgan fingerprint density at radius 1 is 1.21 bits per heavy atom. The summed E-state index contributed by atoms with van der Waals surface area (Å²) in [5.74, 6) is -1.97. The first-order valence-electron chi connectivity index (χ1n) is 11.1. The highest BCUT2D eigenvalue weighted by Crippen LogP contribution is 2.35. The minimum Gasteiger partial charge on any atom is -0.470 e. The van der Waals surface area contributed by atoms with Gasteiger partial charge < -0.3 is 15.0 Å². The quantitative estimate of drug-likeness (QED) is 0.551. The van der Waals surface area contributed by atoms with E-state index in [0.717, 1.165) is 11.3 Å². The second kappa shape index (κ2) is 9.27. The van der Waals surface area contributed by atoms with Crippen LogP contribution in [0.5, 0.6) is 5.88 Å². The number of hydrogen-bond acceptors (Lipinski definition) is 7. The van der Waals surface area contributed by atoms with Crippen molar-refractivity contribution < 1.29 is 27.1 Å². The molecule has 2 aliphatic rings. The molecule has 0 unspecified atom stereocenters. The summed E-state index contributed by atoms with van der Waals surface area (Å²) in [7, 11) is 0. The number of halogens is 4. The predicted molar refractivity (Wildman–Crippen MR) is 119 cm³/mol. The fraction of sp³-hybridized carbons (Fsp3) is 0.636. The molecule has 4 rings (SSSR count). The molecule has 0 radical (unpaired) electrons. The molecule has 1 saturated carbocycles. The second-order valence-corrected chi connectivity index (χ2v) is 10.6. The largest absolute Gasteiger partial charge is 0.470 e. The third-order valence-electron chi connectivity index (χ3n) is 5.77. The zero-order valence-corrected chi connectivity index (χ0v) is 20.0.